The summed E-state index contributed by atoms with van der Waals surface area (Å²) in [5.74, 6) is -0.0151. The molecule has 2 N–H and O–H groups in total. The normalized spacial score (nSPS) is 12.9. The van der Waals surface area contributed by atoms with Crippen molar-refractivity contribution < 1.29 is 17.9 Å². The van der Waals surface area contributed by atoms with E-state index in [0.29, 0.717) is 11.4 Å². The molecule has 0 aliphatic carbocycles. The molecule has 1 heterocycles. The lowest BCUT2D eigenvalue weighted by molar-refractivity contribution is -0.118. The molecule has 1 aromatic heterocycles. The van der Waals surface area contributed by atoms with Crippen molar-refractivity contribution in [2.75, 3.05) is 12.4 Å². The average molecular weight is 434 g/mol. The Bertz CT molecular complexity index is 1120. The Labute approximate surface area is 174 Å². The zero-order valence-electron chi connectivity index (χ0n) is 16.6. The van der Waals surface area contributed by atoms with Crippen LogP contribution in [0.25, 0.3) is 10.2 Å². The standard InChI is InChI=1S/C20H23N3O4S2/c1-12(2)19(20(24)22-14-5-7-15(27-4)8-6-14)23-29(25,26)16-9-10-17-18(11-16)28-13(3)21-17/h5-12,19,23H,1-4H3,(H,22,24). The van der Waals surface area contributed by atoms with Crippen LogP contribution in [0.1, 0.15) is 18.9 Å². The number of aromatic nitrogens is 1. The Morgan fingerprint density at radius 3 is 2.45 bits per heavy atom. The van der Waals surface area contributed by atoms with Crippen LogP contribution in [0.5, 0.6) is 5.75 Å². The highest BCUT2D eigenvalue weighted by Gasteiger charge is 2.28. The van der Waals surface area contributed by atoms with Crippen molar-refractivity contribution in [3.8, 4) is 5.75 Å². The summed E-state index contributed by atoms with van der Waals surface area (Å²) in [6.45, 7) is 5.45. The average Bonchev–Trinajstić information content (AvgIpc) is 3.05. The summed E-state index contributed by atoms with van der Waals surface area (Å²) in [4.78, 5) is 17.2. The van der Waals surface area contributed by atoms with Gasteiger partial charge in [-0.25, -0.2) is 13.4 Å². The van der Waals surface area contributed by atoms with Gasteiger partial charge in [-0.05, 0) is 55.3 Å². The number of rotatable bonds is 7. The first kappa shape index (κ1) is 21.2. The monoisotopic (exact) mass is 433 g/mol. The van der Waals surface area contributed by atoms with Crippen molar-refractivity contribution in [1.29, 1.82) is 0 Å². The number of thiazole rings is 1. The molecule has 0 spiro atoms. The van der Waals surface area contributed by atoms with Crippen LogP contribution in [0.3, 0.4) is 0 Å². The number of sulfonamides is 1. The van der Waals surface area contributed by atoms with Gasteiger partial charge in [0.1, 0.15) is 11.8 Å². The maximum atomic E-state index is 12.9. The Kier molecular flexibility index (Phi) is 6.21. The molecule has 1 amide bonds. The van der Waals surface area contributed by atoms with E-state index in [-0.39, 0.29) is 10.8 Å². The van der Waals surface area contributed by atoms with Crippen molar-refractivity contribution in [1.82, 2.24) is 9.71 Å². The van der Waals surface area contributed by atoms with Crippen molar-refractivity contribution in [2.45, 2.75) is 31.7 Å². The highest BCUT2D eigenvalue weighted by Crippen LogP contribution is 2.25. The lowest BCUT2D eigenvalue weighted by Gasteiger charge is -2.21. The molecule has 29 heavy (non-hydrogen) atoms. The molecular weight excluding hydrogens is 410 g/mol. The minimum absolute atomic E-state index is 0.108. The molecule has 2 aromatic carbocycles. The molecule has 0 aliphatic heterocycles. The number of hydrogen-bond donors (Lipinski definition) is 2. The van der Waals surface area contributed by atoms with Crippen LogP contribution in [0.4, 0.5) is 5.69 Å². The van der Waals surface area contributed by atoms with E-state index in [1.165, 1.54) is 17.4 Å². The summed E-state index contributed by atoms with van der Waals surface area (Å²) >= 11 is 1.43. The molecule has 154 valence electrons. The molecule has 1 atom stereocenters. The van der Waals surface area contributed by atoms with Crippen LogP contribution in [0, 0.1) is 12.8 Å². The van der Waals surface area contributed by atoms with E-state index >= 15 is 0 Å². The van der Waals surface area contributed by atoms with Gasteiger partial charge in [0, 0.05) is 5.69 Å². The van der Waals surface area contributed by atoms with Crippen LogP contribution < -0.4 is 14.8 Å². The van der Waals surface area contributed by atoms with Gasteiger partial charge in [-0.2, -0.15) is 4.72 Å². The van der Waals surface area contributed by atoms with Gasteiger partial charge in [0.2, 0.25) is 15.9 Å². The smallest absolute Gasteiger partial charge is 0.242 e. The van der Waals surface area contributed by atoms with Gasteiger partial charge in [0.05, 0.1) is 27.2 Å². The number of ether oxygens (including phenoxy) is 1. The summed E-state index contributed by atoms with van der Waals surface area (Å²) in [6, 6.07) is 10.7. The van der Waals surface area contributed by atoms with Crippen LogP contribution in [0.15, 0.2) is 47.4 Å². The number of anilines is 1. The van der Waals surface area contributed by atoms with Crippen molar-refractivity contribution in [3.05, 3.63) is 47.5 Å². The number of carbonyl (C=O) groups is 1. The lowest BCUT2D eigenvalue weighted by atomic mass is 10.0. The number of carbonyl (C=O) groups excluding carboxylic acids is 1. The van der Waals surface area contributed by atoms with Crippen molar-refractivity contribution >= 4 is 43.2 Å². The van der Waals surface area contributed by atoms with Gasteiger partial charge in [-0.1, -0.05) is 13.8 Å². The number of nitrogens with zero attached hydrogens (tertiary/aromatic N) is 1. The zero-order valence-corrected chi connectivity index (χ0v) is 18.2. The topological polar surface area (TPSA) is 97.4 Å². The first-order chi connectivity index (χ1) is 13.7. The number of fused-ring (bicyclic) bond motifs is 1. The fourth-order valence-electron chi connectivity index (χ4n) is 2.81. The van der Waals surface area contributed by atoms with E-state index in [4.69, 9.17) is 4.74 Å². The molecule has 0 aliphatic rings. The second-order valence-corrected chi connectivity index (χ2v) is 9.87. The molecule has 0 bridgehead atoms. The molecule has 9 heteroatoms. The summed E-state index contributed by atoms with van der Waals surface area (Å²) in [7, 11) is -2.33. The molecule has 0 saturated carbocycles. The second kappa shape index (κ2) is 8.48. The fraction of sp³-hybridized carbons (Fsp3) is 0.300. The largest absolute Gasteiger partial charge is 0.497 e. The van der Waals surface area contributed by atoms with Crippen molar-refractivity contribution in [2.24, 2.45) is 5.92 Å². The van der Waals surface area contributed by atoms with Crippen LogP contribution in [0.2, 0.25) is 0 Å². The fourth-order valence-corrected chi connectivity index (χ4v) is 5.12. The highest BCUT2D eigenvalue weighted by atomic mass is 32.2. The van der Waals surface area contributed by atoms with Crippen LogP contribution in [-0.4, -0.2) is 32.5 Å². The lowest BCUT2D eigenvalue weighted by Crippen LogP contribution is -2.47. The van der Waals surface area contributed by atoms with Gasteiger partial charge in [-0.15, -0.1) is 11.3 Å². The third-order valence-electron chi connectivity index (χ3n) is 4.37. The molecule has 3 rings (SSSR count). The summed E-state index contributed by atoms with van der Waals surface area (Å²) in [6.07, 6.45) is 0. The van der Waals surface area contributed by atoms with E-state index in [9.17, 15) is 13.2 Å². The predicted molar refractivity (Wildman–Crippen MR) is 115 cm³/mol. The number of nitrogens with one attached hydrogen (secondary N) is 2. The number of aryl methyl sites for hydroxylation is 1. The Morgan fingerprint density at radius 1 is 1.14 bits per heavy atom. The minimum Gasteiger partial charge on any atom is -0.497 e. The number of benzene rings is 2. The molecule has 3 aromatic rings. The summed E-state index contributed by atoms with van der Waals surface area (Å²) < 4.78 is 34.3. The van der Waals surface area contributed by atoms with Gasteiger partial charge in [0.25, 0.3) is 0 Å². The van der Waals surface area contributed by atoms with E-state index < -0.39 is 22.0 Å². The highest BCUT2D eigenvalue weighted by molar-refractivity contribution is 7.89. The Hall–Kier alpha value is -2.49. The molecule has 0 fully saturated rings. The first-order valence-electron chi connectivity index (χ1n) is 9.04. The third kappa shape index (κ3) is 4.92. The van der Waals surface area contributed by atoms with Gasteiger partial charge >= 0.3 is 0 Å². The quantitative estimate of drug-likeness (QED) is 0.594. The van der Waals surface area contributed by atoms with Crippen molar-refractivity contribution in [3.63, 3.8) is 0 Å². The maximum Gasteiger partial charge on any atom is 0.242 e. The molecule has 0 saturated heterocycles. The van der Waals surface area contributed by atoms with E-state index in [1.54, 1.807) is 57.4 Å². The minimum atomic E-state index is -3.89. The summed E-state index contributed by atoms with van der Waals surface area (Å²) in [5.41, 5.74) is 1.31. The zero-order chi connectivity index (χ0) is 21.2. The number of hydrogen-bond acceptors (Lipinski definition) is 6. The maximum absolute atomic E-state index is 12.9. The molecular formula is C20H23N3O4S2. The first-order valence-corrected chi connectivity index (χ1v) is 11.3. The van der Waals surface area contributed by atoms with Gasteiger partial charge in [-0.3, -0.25) is 4.79 Å². The Morgan fingerprint density at radius 2 is 1.83 bits per heavy atom. The van der Waals surface area contributed by atoms with Gasteiger partial charge < -0.3 is 10.1 Å². The predicted octanol–water partition coefficient (Wildman–Crippen LogP) is 3.55. The van der Waals surface area contributed by atoms with Crippen LogP contribution in [-0.2, 0) is 14.8 Å². The van der Waals surface area contributed by atoms with E-state index in [2.05, 4.69) is 15.0 Å². The SMILES string of the molecule is COc1ccc(NC(=O)C(NS(=O)(=O)c2ccc3nc(C)sc3c2)C(C)C)cc1. The van der Waals surface area contributed by atoms with Gasteiger partial charge in [0.15, 0.2) is 0 Å². The molecule has 0 radical (unpaired) electrons. The number of methoxy groups -OCH3 is 1. The van der Waals surface area contributed by atoms with E-state index in [0.717, 1.165) is 15.2 Å². The Balaban J connectivity index is 1.80. The summed E-state index contributed by atoms with van der Waals surface area (Å²) in [5, 5.41) is 3.61. The third-order valence-corrected chi connectivity index (χ3v) is 6.74. The van der Waals surface area contributed by atoms with Crippen LogP contribution >= 0.6 is 11.3 Å². The molecule has 7 nitrogen and oxygen atoms in total. The van der Waals surface area contributed by atoms with E-state index in [1.807, 2.05) is 6.92 Å². The number of amides is 1. The molecule has 1 unspecified atom stereocenters. The second-order valence-electron chi connectivity index (χ2n) is 6.92.